The minimum absolute atomic E-state index is 0. The van der Waals surface area contributed by atoms with Crippen LogP contribution in [0.25, 0.3) is 20.8 Å². The van der Waals surface area contributed by atoms with Gasteiger partial charge in [0.25, 0.3) is 5.56 Å². The Hall–Kier alpha value is -2.24. The third kappa shape index (κ3) is 4.26. The summed E-state index contributed by atoms with van der Waals surface area (Å²) in [5.41, 5.74) is 0.757. The van der Waals surface area contributed by atoms with E-state index in [2.05, 4.69) is 25.6 Å². The summed E-state index contributed by atoms with van der Waals surface area (Å²) >= 11 is 1.39. The lowest BCUT2D eigenvalue weighted by Crippen LogP contribution is -2.36. The minimum Gasteiger partial charge on any atom is -0.396 e. The zero-order chi connectivity index (χ0) is 20.8. The Balaban J connectivity index is 0.00000231. The van der Waals surface area contributed by atoms with Gasteiger partial charge in [0.05, 0.1) is 22.4 Å². The number of para-hydroxylation sites is 1. The molecule has 0 aliphatic heterocycles. The van der Waals surface area contributed by atoms with E-state index in [1.807, 2.05) is 24.3 Å². The largest absolute Gasteiger partial charge is 0.396 e. The van der Waals surface area contributed by atoms with Crippen LogP contribution in [-0.2, 0) is 0 Å². The van der Waals surface area contributed by atoms with Gasteiger partial charge in [-0.2, -0.15) is 4.98 Å². The third-order valence-electron chi connectivity index (χ3n) is 5.70. The molecule has 0 saturated heterocycles. The summed E-state index contributed by atoms with van der Waals surface area (Å²) in [4.78, 5) is 25.0. The van der Waals surface area contributed by atoms with Crippen molar-refractivity contribution in [2.24, 2.45) is 5.92 Å². The minimum atomic E-state index is -1.08. The molecule has 31 heavy (non-hydrogen) atoms. The highest BCUT2D eigenvalue weighted by Gasteiger charge is 2.41. The van der Waals surface area contributed by atoms with Crippen molar-refractivity contribution in [1.29, 1.82) is 0 Å². The number of halogens is 1. The molecule has 2 fully saturated rings. The van der Waals surface area contributed by atoms with Gasteiger partial charge < -0.3 is 26.0 Å². The van der Waals surface area contributed by atoms with Gasteiger partial charge >= 0.3 is 0 Å². The summed E-state index contributed by atoms with van der Waals surface area (Å²) in [6.07, 6.45) is 0.295. The van der Waals surface area contributed by atoms with Crippen molar-refractivity contribution in [3.63, 3.8) is 0 Å². The number of aromatic nitrogens is 3. The van der Waals surface area contributed by atoms with Gasteiger partial charge in [-0.05, 0) is 31.4 Å². The summed E-state index contributed by atoms with van der Waals surface area (Å²) < 4.78 is 0.953. The maximum atomic E-state index is 13.0. The lowest BCUT2D eigenvalue weighted by Gasteiger charge is -2.20. The van der Waals surface area contributed by atoms with Gasteiger partial charge in [0, 0.05) is 18.6 Å². The molecular formula is C20H24ClN5O4S. The van der Waals surface area contributed by atoms with Crippen LogP contribution in [0, 0.1) is 5.92 Å². The van der Waals surface area contributed by atoms with Crippen molar-refractivity contribution in [3.8, 4) is 10.6 Å². The van der Waals surface area contributed by atoms with E-state index in [0.717, 1.165) is 23.1 Å². The normalized spacial score (nSPS) is 25.4. The smallest absolute Gasteiger partial charge is 0.264 e. The highest BCUT2D eigenvalue weighted by molar-refractivity contribution is 7.21. The molecule has 2 aliphatic rings. The number of aromatic amines is 1. The SMILES string of the molecule is Cl.O=c1[nH]c(NC2CC2)nc(N[C@@H]2C[C@H](CO)[C@@H](O)[C@H]2O)c1-c1nc2ccccc2s1. The van der Waals surface area contributed by atoms with E-state index < -0.39 is 24.2 Å². The molecule has 2 heterocycles. The molecule has 2 saturated carbocycles. The lowest BCUT2D eigenvalue weighted by atomic mass is 10.1. The van der Waals surface area contributed by atoms with Crippen LogP contribution in [0.2, 0.25) is 0 Å². The highest BCUT2D eigenvalue weighted by Crippen LogP contribution is 2.35. The first-order chi connectivity index (χ1) is 14.5. The summed E-state index contributed by atoms with van der Waals surface area (Å²) in [6.45, 7) is -0.224. The van der Waals surface area contributed by atoms with E-state index in [1.165, 1.54) is 11.3 Å². The Labute approximate surface area is 188 Å². The first-order valence-electron chi connectivity index (χ1n) is 10.0. The summed E-state index contributed by atoms with van der Waals surface area (Å²) in [5.74, 6) is 0.229. The maximum absolute atomic E-state index is 13.0. The number of nitrogens with zero attached hydrogens (tertiary/aromatic N) is 2. The number of aliphatic hydroxyl groups is 3. The van der Waals surface area contributed by atoms with E-state index in [1.54, 1.807) is 0 Å². The first-order valence-corrected chi connectivity index (χ1v) is 10.9. The summed E-state index contributed by atoms with van der Waals surface area (Å²) in [7, 11) is 0. The van der Waals surface area contributed by atoms with Crippen molar-refractivity contribution in [2.45, 2.75) is 43.6 Å². The number of rotatable bonds is 6. The fourth-order valence-electron chi connectivity index (χ4n) is 3.87. The number of fused-ring (bicyclic) bond motifs is 1. The van der Waals surface area contributed by atoms with Gasteiger partial charge in [0.15, 0.2) is 0 Å². The number of H-pyrrole nitrogens is 1. The molecule has 6 N–H and O–H groups in total. The van der Waals surface area contributed by atoms with Gasteiger partial charge in [0.1, 0.15) is 22.5 Å². The van der Waals surface area contributed by atoms with Crippen molar-refractivity contribution < 1.29 is 15.3 Å². The second-order valence-electron chi connectivity index (χ2n) is 7.95. The van der Waals surface area contributed by atoms with Crippen LogP contribution in [0.4, 0.5) is 11.8 Å². The fraction of sp³-hybridized carbons (Fsp3) is 0.450. The van der Waals surface area contributed by atoms with Gasteiger partial charge in [-0.3, -0.25) is 9.78 Å². The second kappa shape index (κ2) is 8.71. The molecule has 4 atom stereocenters. The molecule has 0 unspecified atom stereocenters. The molecule has 3 aromatic rings. The van der Waals surface area contributed by atoms with Crippen LogP contribution in [0.5, 0.6) is 0 Å². The topological polar surface area (TPSA) is 143 Å². The average Bonchev–Trinajstić information content (AvgIpc) is 3.37. The molecule has 1 aromatic carbocycles. The Bertz CT molecular complexity index is 1100. The van der Waals surface area contributed by atoms with E-state index in [-0.39, 0.29) is 24.6 Å². The number of hydrogen-bond donors (Lipinski definition) is 6. The fourth-order valence-corrected chi connectivity index (χ4v) is 4.88. The monoisotopic (exact) mass is 465 g/mol. The van der Waals surface area contributed by atoms with E-state index in [0.29, 0.717) is 34.8 Å². The molecular weight excluding hydrogens is 442 g/mol. The van der Waals surface area contributed by atoms with Crippen LogP contribution in [0.15, 0.2) is 29.1 Å². The molecule has 11 heteroatoms. The van der Waals surface area contributed by atoms with Crippen molar-refractivity contribution >= 4 is 45.7 Å². The number of nitrogens with one attached hydrogen (secondary N) is 3. The molecule has 2 aromatic heterocycles. The first kappa shape index (κ1) is 22.0. The number of hydrogen-bond acceptors (Lipinski definition) is 9. The number of anilines is 2. The molecule has 5 rings (SSSR count). The quantitative estimate of drug-likeness (QED) is 0.322. The Morgan fingerprint density at radius 3 is 2.58 bits per heavy atom. The van der Waals surface area contributed by atoms with Crippen LogP contribution >= 0.6 is 23.7 Å². The maximum Gasteiger partial charge on any atom is 0.264 e. The molecule has 0 bridgehead atoms. The van der Waals surface area contributed by atoms with Crippen LogP contribution in [-0.4, -0.2) is 61.2 Å². The number of benzene rings is 1. The average molecular weight is 466 g/mol. The van der Waals surface area contributed by atoms with Gasteiger partial charge in [-0.15, -0.1) is 23.7 Å². The van der Waals surface area contributed by atoms with Crippen molar-refractivity contribution in [2.75, 3.05) is 17.2 Å². The Kier molecular flexibility index (Phi) is 6.18. The molecule has 0 spiro atoms. The predicted molar refractivity (Wildman–Crippen MR) is 122 cm³/mol. The van der Waals surface area contributed by atoms with Crippen LogP contribution < -0.4 is 16.2 Å². The van der Waals surface area contributed by atoms with Crippen molar-refractivity contribution in [3.05, 3.63) is 34.6 Å². The zero-order valence-electron chi connectivity index (χ0n) is 16.5. The summed E-state index contributed by atoms with van der Waals surface area (Å²) in [5, 5.41) is 36.9. The molecule has 0 radical (unpaired) electrons. The predicted octanol–water partition coefficient (Wildman–Crippen LogP) is 1.56. The van der Waals surface area contributed by atoms with E-state index in [4.69, 9.17) is 0 Å². The van der Waals surface area contributed by atoms with Gasteiger partial charge in [0.2, 0.25) is 5.95 Å². The standard InChI is InChI=1S/C20H23N5O4S.ClH/c26-8-9-7-12(16(28)15(9)27)22-17-14(18(29)25-20(24-17)21-10-5-6-10)19-23-11-3-1-2-4-13(11)30-19;/h1-4,9-10,12,15-16,26-28H,5-8H2,(H3,21,22,24,25,29);1H/t9-,12-,15-,16+;/m1./s1. The molecule has 0 amide bonds. The number of aliphatic hydroxyl groups excluding tert-OH is 3. The molecule has 2 aliphatic carbocycles. The van der Waals surface area contributed by atoms with Crippen molar-refractivity contribution in [1.82, 2.24) is 15.0 Å². The Morgan fingerprint density at radius 2 is 1.90 bits per heavy atom. The third-order valence-corrected chi connectivity index (χ3v) is 6.76. The zero-order valence-corrected chi connectivity index (χ0v) is 18.1. The van der Waals surface area contributed by atoms with Gasteiger partial charge in [-0.1, -0.05) is 12.1 Å². The lowest BCUT2D eigenvalue weighted by molar-refractivity contribution is 0.00446. The second-order valence-corrected chi connectivity index (χ2v) is 8.98. The molecule has 166 valence electrons. The van der Waals surface area contributed by atoms with E-state index in [9.17, 15) is 20.1 Å². The van der Waals surface area contributed by atoms with Crippen LogP contribution in [0.3, 0.4) is 0 Å². The number of thiazole rings is 1. The Morgan fingerprint density at radius 1 is 1.13 bits per heavy atom. The summed E-state index contributed by atoms with van der Waals surface area (Å²) in [6, 6.07) is 7.38. The molecule has 9 nitrogen and oxygen atoms in total. The van der Waals surface area contributed by atoms with E-state index >= 15 is 0 Å². The van der Waals surface area contributed by atoms with Gasteiger partial charge in [-0.25, -0.2) is 4.98 Å². The highest BCUT2D eigenvalue weighted by atomic mass is 35.5. The van der Waals surface area contributed by atoms with Crippen LogP contribution in [0.1, 0.15) is 19.3 Å².